The highest BCUT2D eigenvalue weighted by Crippen LogP contribution is 2.31. The molecule has 126 valence electrons. The molecule has 0 radical (unpaired) electrons. The molecule has 23 heavy (non-hydrogen) atoms. The molecule has 0 N–H and O–H groups in total. The van der Waals surface area contributed by atoms with Crippen molar-refractivity contribution in [2.24, 2.45) is 0 Å². The van der Waals surface area contributed by atoms with Crippen LogP contribution in [-0.4, -0.2) is 56.7 Å². The second-order valence-corrected chi connectivity index (χ2v) is 5.67. The Hall–Kier alpha value is -1.79. The summed E-state index contributed by atoms with van der Waals surface area (Å²) >= 11 is 6.02. The van der Waals surface area contributed by atoms with Crippen molar-refractivity contribution in [3.63, 3.8) is 0 Å². The van der Waals surface area contributed by atoms with Crippen LogP contribution in [0.4, 0.5) is 5.69 Å². The number of amides is 2. The van der Waals surface area contributed by atoms with Gasteiger partial charge in [-0.15, -0.1) is 0 Å². The van der Waals surface area contributed by atoms with Gasteiger partial charge in [-0.05, 0) is 18.2 Å². The molecule has 1 aromatic carbocycles. The highest BCUT2D eigenvalue weighted by molar-refractivity contribution is 6.31. The quantitative estimate of drug-likeness (QED) is 0.822. The van der Waals surface area contributed by atoms with E-state index in [2.05, 4.69) is 0 Å². The van der Waals surface area contributed by atoms with Gasteiger partial charge in [0.2, 0.25) is 11.8 Å². The number of methoxy groups -OCH3 is 1. The second-order valence-electron chi connectivity index (χ2n) is 5.23. The molecule has 0 spiro atoms. The first-order valence-electron chi connectivity index (χ1n) is 7.50. The number of morpholine rings is 1. The van der Waals surface area contributed by atoms with E-state index in [0.29, 0.717) is 42.8 Å². The lowest BCUT2D eigenvalue weighted by molar-refractivity contribution is -0.135. The maximum Gasteiger partial charge on any atom is 0.224 e. The average molecular weight is 341 g/mol. The van der Waals surface area contributed by atoms with Crippen molar-refractivity contribution < 1.29 is 19.1 Å². The van der Waals surface area contributed by atoms with Crippen LogP contribution in [0.2, 0.25) is 5.02 Å². The van der Waals surface area contributed by atoms with E-state index >= 15 is 0 Å². The molecule has 1 fully saturated rings. The van der Waals surface area contributed by atoms with Crippen molar-refractivity contribution in [3.8, 4) is 5.75 Å². The fourth-order valence-electron chi connectivity index (χ4n) is 2.50. The Bertz CT molecular complexity index is 573. The van der Waals surface area contributed by atoms with Crippen LogP contribution in [0.5, 0.6) is 5.75 Å². The van der Waals surface area contributed by atoms with Crippen LogP contribution in [0.3, 0.4) is 0 Å². The predicted molar refractivity (Wildman–Crippen MR) is 88.0 cm³/mol. The van der Waals surface area contributed by atoms with Crippen molar-refractivity contribution in [2.45, 2.75) is 13.3 Å². The first-order valence-corrected chi connectivity index (χ1v) is 7.88. The van der Waals surface area contributed by atoms with Gasteiger partial charge >= 0.3 is 0 Å². The third-order valence-electron chi connectivity index (χ3n) is 3.72. The molecule has 2 rings (SSSR count). The van der Waals surface area contributed by atoms with Gasteiger partial charge in [-0.2, -0.15) is 0 Å². The van der Waals surface area contributed by atoms with Crippen LogP contribution in [0.25, 0.3) is 0 Å². The monoisotopic (exact) mass is 340 g/mol. The van der Waals surface area contributed by atoms with Gasteiger partial charge in [0.05, 0.1) is 26.0 Å². The van der Waals surface area contributed by atoms with Crippen molar-refractivity contribution in [2.75, 3.05) is 44.9 Å². The van der Waals surface area contributed by atoms with E-state index in [1.165, 1.54) is 18.9 Å². The van der Waals surface area contributed by atoms with Gasteiger partial charge in [0, 0.05) is 38.0 Å². The van der Waals surface area contributed by atoms with Gasteiger partial charge in [-0.3, -0.25) is 9.59 Å². The Morgan fingerprint density at radius 3 is 2.65 bits per heavy atom. The lowest BCUT2D eigenvalue weighted by Gasteiger charge is -2.28. The van der Waals surface area contributed by atoms with E-state index < -0.39 is 0 Å². The van der Waals surface area contributed by atoms with Gasteiger partial charge in [-0.25, -0.2) is 0 Å². The number of anilines is 1. The fraction of sp³-hybridized carbons (Fsp3) is 0.500. The number of ether oxygens (including phenoxy) is 2. The smallest absolute Gasteiger partial charge is 0.224 e. The highest BCUT2D eigenvalue weighted by Gasteiger charge is 2.21. The number of halogens is 1. The fourth-order valence-corrected chi connectivity index (χ4v) is 2.67. The minimum Gasteiger partial charge on any atom is -0.495 e. The van der Waals surface area contributed by atoms with Crippen molar-refractivity contribution >= 4 is 29.1 Å². The first-order chi connectivity index (χ1) is 11.0. The van der Waals surface area contributed by atoms with Crippen LogP contribution in [-0.2, 0) is 14.3 Å². The van der Waals surface area contributed by atoms with E-state index in [-0.39, 0.29) is 24.8 Å². The van der Waals surface area contributed by atoms with E-state index in [4.69, 9.17) is 21.1 Å². The average Bonchev–Trinajstić information content (AvgIpc) is 2.55. The van der Waals surface area contributed by atoms with Gasteiger partial charge in [-0.1, -0.05) is 11.6 Å². The predicted octanol–water partition coefficient (Wildman–Crippen LogP) is 1.95. The molecule has 0 unspecified atom stereocenters. The van der Waals surface area contributed by atoms with Crippen molar-refractivity contribution in [1.29, 1.82) is 0 Å². The molecule has 0 aromatic heterocycles. The molecule has 1 aliphatic heterocycles. The lowest BCUT2D eigenvalue weighted by Crippen LogP contribution is -2.42. The van der Waals surface area contributed by atoms with E-state index in [1.807, 2.05) is 0 Å². The summed E-state index contributed by atoms with van der Waals surface area (Å²) in [5.41, 5.74) is 0.572. The maximum absolute atomic E-state index is 12.3. The van der Waals surface area contributed by atoms with E-state index in [0.717, 1.165) is 0 Å². The minimum atomic E-state index is -0.166. The molecule has 1 aromatic rings. The zero-order valence-electron chi connectivity index (χ0n) is 13.4. The largest absolute Gasteiger partial charge is 0.495 e. The molecular formula is C16H21ClN2O4. The third-order valence-corrected chi connectivity index (χ3v) is 3.96. The standard InChI is InChI=1S/C16H21ClN2O4/c1-12(20)19(14-11-13(17)3-4-15(14)22-2)6-5-16(21)18-7-9-23-10-8-18/h3-4,11H,5-10H2,1-2H3. The molecule has 0 atom stereocenters. The summed E-state index contributed by atoms with van der Waals surface area (Å²) in [5, 5.41) is 0.506. The van der Waals surface area contributed by atoms with E-state index in [1.54, 1.807) is 23.1 Å². The Balaban J connectivity index is 2.08. The second kappa shape index (κ2) is 8.17. The molecule has 2 amide bonds. The minimum absolute atomic E-state index is 0.0144. The van der Waals surface area contributed by atoms with Crippen molar-refractivity contribution in [1.82, 2.24) is 4.90 Å². The molecule has 0 aliphatic carbocycles. The summed E-state index contributed by atoms with van der Waals surface area (Å²) < 4.78 is 10.5. The molecular weight excluding hydrogens is 320 g/mol. The number of nitrogens with zero attached hydrogens (tertiary/aromatic N) is 2. The summed E-state index contributed by atoms with van der Waals surface area (Å²) in [4.78, 5) is 27.5. The summed E-state index contributed by atoms with van der Waals surface area (Å²) in [7, 11) is 1.53. The third kappa shape index (κ3) is 4.59. The van der Waals surface area contributed by atoms with Gasteiger partial charge in [0.1, 0.15) is 5.75 Å². The summed E-state index contributed by atoms with van der Waals surface area (Å²) in [6.45, 7) is 4.05. The van der Waals surface area contributed by atoms with Crippen LogP contribution in [0.15, 0.2) is 18.2 Å². The molecule has 0 saturated carbocycles. The topological polar surface area (TPSA) is 59.1 Å². The molecule has 0 bridgehead atoms. The normalized spacial score (nSPS) is 14.5. The van der Waals surface area contributed by atoms with Crippen LogP contribution in [0, 0.1) is 0 Å². The molecule has 6 nitrogen and oxygen atoms in total. The van der Waals surface area contributed by atoms with Gasteiger partial charge < -0.3 is 19.3 Å². The zero-order chi connectivity index (χ0) is 16.8. The van der Waals surface area contributed by atoms with Crippen LogP contribution in [0.1, 0.15) is 13.3 Å². The van der Waals surface area contributed by atoms with Gasteiger partial charge in [0.25, 0.3) is 0 Å². The molecule has 1 heterocycles. The summed E-state index contributed by atoms with van der Waals surface area (Å²) in [6.07, 6.45) is 0.245. The lowest BCUT2D eigenvalue weighted by atomic mass is 10.2. The Labute approximate surface area is 140 Å². The molecule has 1 aliphatic rings. The SMILES string of the molecule is COc1ccc(Cl)cc1N(CCC(=O)N1CCOCC1)C(C)=O. The van der Waals surface area contributed by atoms with Crippen LogP contribution < -0.4 is 9.64 Å². The van der Waals surface area contributed by atoms with E-state index in [9.17, 15) is 9.59 Å². The highest BCUT2D eigenvalue weighted by atomic mass is 35.5. The number of carbonyl (C=O) groups is 2. The van der Waals surface area contributed by atoms with Crippen molar-refractivity contribution in [3.05, 3.63) is 23.2 Å². The number of carbonyl (C=O) groups excluding carboxylic acids is 2. The number of hydrogen-bond acceptors (Lipinski definition) is 4. The number of rotatable bonds is 5. The molecule has 7 heteroatoms. The number of benzene rings is 1. The summed E-state index contributed by atoms with van der Waals surface area (Å²) in [6, 6.07) is 5.07. The Morgan fingerprint density at radius 1 is 1.35 bits per heavy atom. The Morgan fingerprint density at radius 2 is 2.04 bits per heavy atom. The number of hydrogen-bond donors (Lipinski definition) is 0. The zero-order valence-corrected chi connectivity index (χ0v) is 14.1. The van der Waals surface area contributed by atoms with Gasteiger partial charge in [0.15, 0.2) is 0 Å². The first kappa shape index (κ1) is 17.6. The Kier molecular flexibility index (Phi) is 6.24. The van der Waals surface area contributed by atoms with Crippen LogP contribution >= 0.6 is 11.6 Å². The maximum atomic E-state index is 12.3. The summed E-state index contributed by atoms with van der Waals surface area (Å²) in [5.74, 6) is 0.393. The molecule has 1 saturated heterocycles.